The molecule has 1 aromatic carbocycles. The van der Waals surface area contributed by atoms with E-state index in [2.05, 4.69) is 45.2 Å². The summed E-state index contributed by atoms with van der Waals surface area (Å²) in [6, 6.07) is 6.25. The molecule has 1 rings (SSSR count). The van der Waals surface area contributed by atoms with Crippen molar-refractivity contribution in [2.24, 2.45) is 0 Å². The molecule has 19 heavy (non-hydrogen) atoms. The average molecular weight is 331 g/mol. The molecule has 0 radical (unpaired) electrons. The van der Waals surface area contributed by atoms with E-state index in [4.69, 9.17) is 9.84 Å². The highest BCUT2D eigenvalue weighted by Gasteiger charge is 2.09. The number of benzene rings is 1. The van der Waals surface area contributed by atoms with Crippen LogP contribution in [-0.4, -0.2) is 45.1 Å². The lowest BCUT2D eigenvalue weighted by Crippen LogP contribution is -2.28. The first-order valence-electron chi connectivity index (χ1n) is 6.56. The molecule has 4 nitrogen and oxygen atoms in total. The molecular formula is C14H23BrN2O2. The van der Waals surface area contributed by atoms with Crippen LogP contribution in [0.15, 0.2) is 22.7 Å². The van der Waals surface area contributed by atoms with Gasteiger partial charge in [0.15, 0.2) is 0 Å². The third-order valence-corrected chi connectivity index (χ3v) is 3.43. The summed E-state index contributed by atoms with van der Waals surface area (Å²) in [6.07, 6.45) is 0. The highest BCUT2D eigenvalue weighted by Crippen LogP contribution is 2.24. The van der Waals surface area contributed by atoms with Crippen LogP contribution < -0.4 is 10.2 Å². The Morgan fingerprint density at radius 1 is 1.42 bits per heavy atom. The number of likely N-dealkylation sites (N-methyl/N-ethyl adjacent to an activating group) is 1. The number of hydrogen-bond donors (Lipinski definition) is 2. The van der Waals surface area contributed by atoms with Gasteiger partial charge in [0, 0.05) is 43.4 Å². The molecule has 5 heteroatoms. The summed E-state index contributed by atoms with van der Waals surface area (Å²) in [5.74, 6) is 0. The topological polar surface area (TPSA) is 44.7 Å². The molecule has 0 atom stereocenters. The molecule has 0 saturated heterocycles. The number of nitrogens with one attached hydrogen (secondary N) is 1. The minimum atomic E-state index is 0.167. The Balaban J connectivity index is 2.78. The van der Waals surface area contributed by atoms with E-state index < -0.39 is 0 Å². The van der Waals surface area contributed by atoms with Crippen LogP contribution in [0.4, 0.5) is 5.69 Å². The van der Waals surface area contributed by atoms with Crippen LogP contribution in [0.25, 0.3) is 0 Å². The maximum absolute atomic E-state index is 9.14. The summed E-state index contributed by atoms with van der Waals surface area (Å²) in [4.78, 5) is 2.18. The number of anilines is 1. The number of ether oxygens (including phenoxy) is 1. The molecule has 0 saturated carbocycles. The average Bonchev–Trinajstić information content (AvgIpc) is 2.42. The number of nitrogens with zero attached hydrogens (tertiary/aromatic N) is 1. The summed E-state index contributed by atoms with van der Waals surface area (Å²) in [5, 5.41) is 12.5. The van der Waals surface area contributed by atoms with E-state index in [-0.39, 0.29) is 6.61 Å². The summed E-state index contributed by atoms with van der Waals surface area (Å²) in [6.45, 7) is 6.13. The largest absolute Gasteiger partial charge is 0.395 e. The van der Waals surface area contributed by atoms with Crippen LogP contribution in [0, 0.1) is 0 Å². The van der Waals surface area contributed by atoms with E-state index in [1.807, 2.05) is 6.07 Å². The number of hydrogen-bond acceptors (Lipinski definition) is 4. The van der Waals surface area contributed by atoms with Crippen LogP contribution in [0.5, 0.6) is 0 Å². The third kappa shape index (κ3) is 5.48. The van der Waals surface area contributed by atoms with Gasteiger partial charge in [-0.2, -0.15) is 0 Å². The van der Waals surface area contributed by atoms with Gasteiger partial charge < -0.3 is 20.1 Å². The van der Waals surface area contributed by atoms with Gasteiger partial charge in [-0.05, 0) is 30.7 Å². The van der Waals surface area contributed by atoms with Crippen LogP contribution in [0.2, 0.25) is 0 Å². The quantitative estimate of drug-likeness (QED) is 0.680. The molecule has 0 unspecified atom stereocenters. The van der Waals surface area contributed by atoms with E-state index >= 15 is 0 Å². The molecule has 0 aromatic heterocycles. The van der Waals surface area contributed by atoms with Crippen LogP contribution in [-0.2, 0) is 11.3 Å². The summed E-state index contributed by atoms with van der Waals surface area (Å²) < 4.78 is 6.09. The Hall–Kier alpha value is -0.620. The lowest BCUT2D eigenvalue weighted by molar-refractivity contribution is 0.199. The number of methoxy groups -OCH3 is 1. The van der Waals surface area contributed by atoms with Gasteiger partial charge in [0.25, 0.3) is 0 Å². The van der Waals surface area contributed by atoms with E-state index in [1.54, 1.807) is 7.11 Å². The molecule has 0 amide bonds. The lowest BCUT2D eigenvalue weighted by Gasteiger charge is -2.25. The number of aliphatic hydroxyl groups excluding tert-OH is 1. The Morgan fingerprint density at radius 2 is 2.21 bits per heavy atom. The fourth-order valence-corrected chi connectivity index (χ4v) is 2.38. The first-order chi connectivity index (χ1) is 9.22. The van der Waals surface area contributed by atoms with Gasteiger partial charge in [0.2, 0.25) is 0 Å². The van der Waals surface area contributed by atoms with E-state index in [1.165, 1.54) is 11.3 Å². The van der Waals surface area contributed by atoms with Gasteiger partial charge in [-0.25, -0.2) is 0 Å². The zero-order valence-electron chi connectivity index (χ0n) is 11.7. The second kappa shape index (κ2) is 9.31. The molecule has 1 aromatic rings. The molecule has 0 aliphatic carbocycles. The summed E-state index contributed by atoms with van der Waals surface area (Å²) in [5.41, 5.74) is 2.39. The smallest absolute Gasteiger partial charge is 0.0606 e. The van der Waals surface area contributed by atoms with Crippen molar-refractivity contribution in [1.82, 2.24) is 5.32 Å². The standard InChI is InChI=1S/C14H23BrN2O2/c1-3-17(7-8-18)14-5-4-13(15)10-12(14)11-16-6-9-19-2/h4-5,10,16,18H,3,6-9,11H2,1-2H3. The van der Waals surface area contributed by atoms with Gasteiger partial charge in [-0.15, -0.1) is 0 Å². The number of aliphatic hydroxyl groups is 1. The third-order valence-electron chi connectivity index (χ3n) is 2.93. The monoisotopic (exact) mass is 330 g/mol. The van der Waals surface area contributed by atoms with E-state index in [0.717, 1.165) is 24.1 Å². The fraction of sp³-hybridized carbons (Fsp3) is 0.571. The van der Waals surface area contributed by atoms with Crippen molar-refractivity contribution in [3.63, 3.8) is 0 Å². The molecule has 0 fully saturated rings. The van der Waals surface area contributed by atoms with Crippen LogP contribution in [0.1, 0.15) is 12.5 Å². The predicted octanol–water partition coefficient (Wildman–Crippen LogP) is 2.00. The Labute approximate surface area is 123 Å². The summed E-state index contributed by atoms with van der Waals surface area (Å²) in [7, 11) is 1.70. The first kappa shape index (κ1) is 16.4. The molecular weight excluding hydrogens is 308 g/mol. The van der Waals surface area contributed by atoms with Crippen molar-refractivity contribution in [3.8, 4) is 0 Å². The van der Waals surface area contributed by atoms with Gasteiger partial charge >= 0.3 is 0 Å². The number of halogens is 1. The van der Waals surface area contributed by atoms with Crippen molar-refractivity contribution >= 4 is 21.6 Å². The van der Waals surface area contributed by atoms with Gasteiger partial charge in [-0.3, -0.25) is 0 Å². The van der Waals surface area contributed by atoms with Gasteiger partial charge in [0.1, 0.15) is 0 Å². The highest BCUT2D eigenvalue weighted by atomic mass is 79.9. The summed E-state index contributed by atoms with van der Waals surface area (Å²) >= 11 is 3.51. The van der Waals surface area contributed by atoms with Crippen molar-refractivity contribution in [2.45, 2.75) is 13.5 Å². The second-order valence-corrected chi connectivity index (χ2v) is 5.16. The minimum absolute atomic E-state index is 0.167. The second-order valence-electron chi connectivity index (χ2n) is 4.25. The SMILES string of the molecule is CCN(CCO)c1ccc(Br)cc1CNCCOC. The molecule has 108 valence electrons. The Bertz CT molecular complexity index is 374. The first-order valence-corrected chi connectivity index (χ1v) is 7.36. The van der Waals surface area contributed by atoms with Crippen molar-refractivity contribution < 1.29 is 9.84 Å². The fourth-order valence-electron chi connectivity index (χ4n) is 1.97. The zero-order valence-corrected chi connectivity index (χ0v) is 13.2. The molecule has 0 aliphatic heterocycles. The minimum Gasteiger partial charge on any atom is -0.395 e. The Kier molecular flexibility index (Phi) is 8.05. The van der Waals surface area contributed by atoms with Crippen LogP contribution >= 0.6 is 15.9 Å². The van der Waals surface area contributed by atoms with Crippen LogP contribution in [0.3, 0.4) is 0 Å². The zero-order chi connectivity index (χ0) is 14.1. The maximum Gasteiger partial charge on any atom is 0.0606 e. The van der Waals surface area contributed by atoms with E-state index in [0.29, 0.717) is 13.2 Å². The molecule has 0 spiro atoms. The molecule has 2 N–H and O–H groups in total. The normalized spacial score (nSPS) is 10.7. The van der Waals surface area contributed by atoms with Crippen molar-refractivity contribution in [1.29, 1.82) is 0 Å². The number of rotatable bonds is 9. The molecule has 0 aliphatic rings. The maximum atomic E-state index is 9.14. The lowest BCUT2D eigenvalue weighted by atomic mass is 10.1. The highest BCUT2D eigenvalue weighted by molar-refractivity contribution is 9.10. The molecule has 0 bridgehead atoms. The van der Waals surface area contributed by atoms with Gasteiger partial charge in [-0.1, -0.05) is 15.9 Å². The predicted molar refractivity (Wildman–Crippen MR) is 82.7 cm³/mol. The van der Waals surface area contributed by atoms with E-state index in [9.17, 15) is 0 Å². The van der Waals surface area contributed by atoms with Crippen molar-refractivity contribution in [3.05, 3.63) is 28.2 Å². The Morgan fingerprint density at radius 3 is 2.84 bits per heavy atom. The molecule has 0 heterocycles. The van der Waals surface area contributed by atoms with Gasteiger partial charge in [0.05, 0.1) is 13.2 Å². The van der Waals surface area contributed by atoms with Crippen molar-refractivity contribution in [2.75, 3.05) is 44.9 Å².